The van der Waals surface area contributed by atoms with Crippen molar-refractivity contribution >= 4 is 11.8 Å². The summed E-state index contributed by atoms with van der Waals surface area (Å²) in [4.78, 5) is 21.9. The predicted octanol–water partition coefficient (Wildman–Crippen LogP) is 7.32. The largest absolute Gasteiger partial charge is 0.465 e. The molecule has 0 aromatic heterocycles. The summed E-state index contributed by atoms with van der Waals surface area (Å²) in [7, 11) is 0. The highest BCUT2D eigenvalue weighted by molar-refractivity contribution is 5.94. The second kappa shape index (κ2) is 30.8. The number of aliphatic hydroxyl groups excluding tert-OH is 2. The maximum Gasteiger partial charge on any atom is 0.313 e. The Balaban J connectivity index is -0.000000962. The highest BCUT2D eigenvalue weighted by Gasteiger charge is 2.05. The second-order valence-corrected chi connectivity index (χ2v) is 9.22. The van der Waals surface area contributed by atoms with Crippen LogP contribution in [0.3, 0.4) is 0 Å². The van der Waals surface area contributed by atoms with Crippen LogP contribution in [0.4, 0.5) is 0 Å². The number of Topliss-reactive ketones (excluding diaryl/α,β-unsaturated/α-hetero) is 1. The van der Waals surface area contributed by atoms with Gasteiger partial charge < -0.3 is 14.9 Å². The summed E-state index contributed by atoms with van der Waals surface area (Å²) in [5.41, 5.74) is 0. The number of unbranched alkanes of at least 4 members (excludes halogenated alkanes) is 12. The van der Waals surface area contributed by atoms with E-state index < -0.39 is 0 Å². The Morgan fingerprint density at radius 3 is 1.45 bits per heavy atom. The van der Waals surface area contributed by atoms with E-state index in [4.69, 9.17) is 14.9 Å². The lowest BCUT2D eigenvalue weighted by Gasteiger charge is -2.03. The molecular weight excluding hydrogens is 416 g/mol. The van der Waals surface area contributed by atoms with Gasteiger partial charge in [0.2, 0.25) is 0 Å². The molecule has 0 aliphatic heterocycles. The molecule has 0 fully saturated rings. The molecule has 0 saturated carbocycles. The molecule has 198 valence electrons. The van der Waals surface area contributed by atoms with Gasteiger partial charge in [0.25, 0.3) is 0 Å². The fourth-order valence-corrected chi connectivity index (χ4v) is 2.79. The van der Waals surface area contributed by atoms with Gasteiger partial charge in [-0.25, -0.2) is 0 Å². The van der Waals surface area contributed by atoms with Gasteiger partial charge in [-0.1, -0.05) is 76.9 Å². The van der Waals surface area contributed by atoms with Crippen molar-refractivity contribution in [3.8, 4) is 0 Å². The lowest BCUT2D eigenvalue weighted by atomic mass is 10.1. The first kappa shape index (κ1) is 36.4. The Labute approximate surface area is 205 Å². The Morgan fingerprint density at radius 1 is 0.697 bits per heavy atom. The number of esters is 1. The highest BCUT2D eigenvalue weighted by atomic mass is 16.5. The molecule has 0 heterocycles. The van der Waals surface area contributed by atoms with Crippen LogP contribution in [0.25, 0.3) is 0 Å². The summed E-state index contributed by atoms with van der Waals surface area (Å²) in [5.74, 6) is -0.522. The first-order valence-electron chi connectivity index (χ1n) is 13.3. The van der Waals surface area contributed by atoms with Crippen LogP contribution in [-0.4, -0.2) is 40.8 Å². The van der Waals surface area contributed by atoms with E-state index in [2.05, 4.69) is 19.1 Å². The zero-order valence-corrected chi connectivity index (χ0v) is 22.7. The van der Waals surface area contributed by atoms with Crippen molar-refractivity contribution in [1.82, 2.24) is 0 Å². The Kier molecular flexibility index (Phi) is 33.9. The van der Waals surface area contributed by atoms with E-state index >= 15 is 0 Å². The van der Waals surface area contributed by atoms with Crippen molar-refractivity contribution in [2.24, 2.45) is 0 Å². The number of carbonyl (C=O) groups excluding carboxylic acids is 2. The molecule has 0 unspecified atom stereocenters. The molecule has 0 bridgehead atoms. The normalized spacial score (nSPS) is 10.6. The van der Waals surface area contributed by atoms with Crippen LogP contribution in [0.2, 0.25) is 0 Å². The third-order valence-electron chi connectivity index (χ3n) is 4.31. The zero-order valence-electron chi connectivity index (χ0n) is 22.7. The van der Waals surface area contributed by atoms with Gasteiger partial charge in [0.15, 0.2) is 0 Å². The van der Waals surface area contributed by atoms with Crippen molar-refractivity contribution < 1.29 is 24.5 Å². The van der Waals surface area contributed by atoms with Gasteiger partial charge in [-0.2, -0.15) is 0 Å². The molecule has 0 atom stereocenters. The molecule has 5 nitrogen and oxygen atoms in total. The molecule has 0 amide bonds. The summed E-state index contributed by atoms with van der Waals surface area (Å²) in [6, 6.07) is 0. The first-order valence-corrected chi connectivity index (χ1v) is 13.3. The van der Waals surface area contributed by atoms with Gasteiger partial charge in [-0.05, 0) is 66.7 Å². The smallest absolute Gasteiger partial charge is 0.313 e. The fourth-order valence-electron chi connectivity index (χ4n) is 2.79. The molecule has 0 aromatic rings. The summed E-state index contributed by atoms with van der Waals surface area (Å²) < 4.78 is 5.00. The quantitative estimate of drug-likeness (QED) is 0.0944. The Morgan fingerprint density at radius 2 is 1.06 bits per heavy atom. The van der Waals surface area contributed by atoms with Crippen LogP contribution in [0.15, 0.2) is 12.2 Å². The molecule has 0 rings (SSSR count). The molecule has 0 saturated heterocycles. The van der Waals surface area contributed by atoms with Gasteiger partial charge >= 0.3 is 5.97 Å². The Hall–Kier alpha value is -1.20. The molecule has 0 aliphatic carbocycles. The van der Waals surface area contributed by atoms with Crippen molar-refractivity contribution in [3.63, 3.8) is 0 Å². The average Bonchev–Trinajstić information content (AvgIpc) is 2.69. The number of allylic oxidation sites excluding steroid dienone is 2. The van der Waals surface area contributed by atoms with Crippen LogP contribution in [-0.2, 0) is 14.3 Å². The number of hydrogen-bond donors (Lipinski definition) is 2. The standard InChI is InChI=1S/C22H40O3.2C3H8O/c1-3-4-5-6-7-8-9-10-11-12-13-14-15-16-17-18-19-25-22(24)20-21(2)23;2*1-3(2)4/h10-11H,3-9,12-20H2,1-2H3;2*3-4H,1-2H3. The summed E-state index contributed by atoms with van der Waals surface area (Å²) in [6.07, 6.45) is 22.0. The second-order valence-electron chi connectivity index (χ2n) is 9.22. The number of carbonyl (C=O) groups is 2. The lowest BCUT2D eigenvalue weighted by Crippen LogP contribution is -2.09. The fraction of sp³-hybridized carbons (Fsp3) is 0.857. The number of ether oxygens (including phenoxy) is 1. The average molecular weight is 473 g/mol. The van der Waals surface area contributed by atoms with E-state index in [-0.39, 0.29) is 30.4 Å². The van der Waals surface area contributed by atoms with Gasteiger partial charge in [0.05, 0.1) is 6.61 Å². The van der Waals surface area contributed by atoms with Crippen LogP contribution in [0.5, 0.6) is 0 Å². The topological polar surface area (TPSA) is 83.8 Å². The third-order valence-corrected chi connectivity index (χ3v) is 4.31. The summed E-state index contributed by atoms with van der Waals surface area (Å²) >= 11 is 0. The van der Waals surface area contributed by atoms with Gasteiger partial charge in [0.1, 0.15) is 12.2 Å². The van der Waals surface area contributed by atoms with Gasteiger partial charge in [0, 0.05) is 12.2 Å². The van der Waals surface area contributed by atoms with Gasteiger partial charge in [-0.3, -0.25) is 9.59 Å². The summed E-state index contributed by atoms with van der Waals surface area (Å²) in [6.45, 7) is 11.0. The third kappa shape index (κ3) is 53.8. The number of rotatable bonds is 18. The summed E-state index contributed by atoms with van der Waals surface area (Å²) in [5, 5.41) is 16.1. The van der Waals surface area contributed by atoms with E-state index in [1.165, 1.54) is 84.0 Å². The van der Waals surface area contributed by atoms with Crippen molar-refractivity contribution in [2.75, 3.05) is 6.61 Å². The Bertz CT molecular complexity index is 418. The van der Waals surface area contributed by atoms with E-state index in [1.54, 1.807) is 27.7 Å². The molecule has 33 heavy (non-hydrogen) atoms. The predicted molar refractivity (Wildman–Crippen MR) is 140 cm³/mol. The molecule has 0 radical (unpaired) electrons. The van der Waals surface area contributed by atoms with E-state index in [0.717, 1.165) is 12.8 Å². The molecule has 2 N–H and O–H groups in total. The first-order chi connectivity index (χ1) is 15.6. The molecule has 0 aliphatic rings. The van der Waals surface area contributed by atoms with Crippen molar-refractivity contribution in [3.05, 3.63) is 12.2 Å². The number of ketones is 1. The van der Waals surface area contributed by atoms with Crippen LogP contribution >= 0.6 is 0 Å². The van der Waals surface area contributed by atoms with Crippen molar-refractivity contribution in [1.29, 1.82) is 0 Å². The molecular formula is C28H56O5. The minimum absolute atomic E-state index is 0.0909. The lowest BCUT2D eigenvalue weighted by molar-refractivity contribution is -0.145. The maximum atomic E-state index is 11.2. The van der Waals surface area contributed by atoms with E-state index in [1.807, 2.05) is 0 Å². The minimum atomic E-state index is -0.389. The van der Waals surface area contributed by atoms with Crippen LogP contribution in [0, 0.1) is 0 Å². The van der Waals surface area contributed by atoms with E-state index in [0.29, 0.717) is 6.61 Å². The highest BCUT2D eigenvalue weighted by Crippen LogP contribution is 2.10. The van der Waals surface area contributed by atoms with Crippen LogP contribution in [0.1, 0.15) is 138 Å². The number of hydrogen-bond acceptors (Lipinski definition) is 5. The minimum Gasteiger partial charge on any atom is -0.465 e. The molecule has 0 spiro atoms. The van der Waals surface area contributed by atoms with Crippen molar-refractivity contribution in [2.45, 2.75) is 150 Å². The van der Waals surface area contributed by atoms with E-state index in [9.17, 15) is 9.59 Å². The SMILES string of the molecule is CC(C)O.CC(C)O.CCCCCCCCC=CCCCCCCCCOC(=O)CC(C)=O. The molecule has 0 aromatic carbocycles. The van der Waals surface area contributed by atoms with Gasteiger partial charge in [-0.15, -0.1) is 0 Å². The molecule has 5 heteroatoms. The number of aliphatic hydroxyl groups is 2. The zero-order chi connectivity index (χ0) is 25.7. The van der Waals surface area contributed by atoms with Crippen LogP contribution < -0.4 is 0 Å². The monoisotopic (exact) mass is 472 g/mol. The maximum absolute atomic E-state index is 11.2.